The van der Waals surface area contributed by atoms with Crippen molar-refractivity contribution in [2.45, 2.75) is 32.1 Å². The van der Waals surface area contributed by atoms with Gasteiger partial charge in [-0.25, -0.2) is 4.98 Å². The monoisotopic (exact) mass is 242 g/mol. The molecule has 0 unspecified atom stereocenters. The van der Waals surface area contributed by atoms with Crippen molar-refractivity contribution >= 4 is 15.9 Å². The number of nitrogens with one attached hydrogen (secondary N) is 1. The van der Waals surface area contributed by atoms with E-state index in [0.717, 1.165) is 36.9 Å². The lowest BCUT2D eigenvalue weighted by Gasteiger charge is -2.02. The maximum Gasteiger partial charge on any atom is 0.254 e. The van der Waals surface area contributed by atoms with Crippen LogP contribution in [0.4, 0.5) is 0 Å². The number of halogens is 1. The highest BCUT2D eigenvalue weighted by Gasteiger charge is 2.13. The number of rotatable bonds is 0. The largest absolute Gasteiger partial charge is 0.301 e. The second-order valence-electron chi connectivity index (χ2n) is 3.34. The Morgan fingerprint density at radius 1 is 1.23 bits per heavy atom. The average molecular weight is 243 g/mol. The SMILES string of the molecule is O=c1[nH]c(Br)nc2c1CCCCC2. The van der Waals surface area contributed by atoms with Gasteiger partial charge in [-0.3, -0.25) is 4.79 Å². The van der Waals surface area contributed by atoms with Crippen molar-refractivity contribution < 1.29 is 0 Å². The molecule has 1 heterocycles. The zero-order valence-electron chi connectivity index (χ0n) is 7.27. The Balaban J connectivity index is 2.53. The van der Waals surface area contributed by atoms with Crippen LogP contribution in [0, 0.1) is 0 Å². The molecule has 1 aliphatic rings. The van der Waals surface area contributed by atoms with Crippen LogP contribution in [0.15, 0.2) is 9.53 Å². The summed E-state index contributed by atoms with van der Waals surface area (Å²) in [4.78, 5) is 18.5. The van der Waals surface area contributed by atoms with Crippen molar-refractivity contribution in [3.8, 4) is 0 Å². The zero-order chi connectivity index (χ0) is 9.26. The van der Waals surface area contributed by atoms with Gasteiger partial charge in [0.2, 0.25) is 0 Å². The first-order chi connectivity index (χ1) is 6.27. The minimum absolute atomic E-state index is 0.0266. The standard InChI is InChI=1S/C9H11BrN2O/c10-9-11-7-5-3-1-2-4-6(7)8(13)12-9/h1-5H2,(H,11,12,13). The van der Waals surface area contributed by atoms with E-state index in [4.69, 9.17) is 0 Å². The maximum atomic E-state index is 11.5. The molecule has 3 nitrogen and oxygen atoms in total. The van der Waals surface area contributed by atoms with Gasteiger partial charge in [0, 0.05) is 5.56 Å². The third kappa shape index (κ3) is 1.82. The van der Waals surface area contributed by atoms with Crippen LogP contribution >= 0.6 is 15.9 Å². The van der Waals surface area contributed by atoms with Crippen LogP contribution in [-0.4, -0.2) is 9.97 Å². The summed E-state index contributed by atoms with van der Waals surface area (Å²) in [5.41, 5.74) is 1.90. The fraction of sp³-hybridized carbons (Fsp3) is 0.556. The molecule has 0 spiro atoms. The number of hydrogen-bond acceptors (Lipinski definition) is 2. The van der Waals surface area contributed by atoms with Gasteiger partial charge >= 0.3 is 0 Å². The Hall–Kier alpha value is -0.640. The van der Waals surface area contributed by atoms with Gasteiger partial charge < -0.3 is 4.98 Å². The molecule has 1 aliphatic carbocycles. The number of hydrogen-bond donors (Lipinski definition) is 1. The minimum Gasteiger partial charge on any atom is -0.301 e. The number of H-pyrrole nitrogens is 1. The molecular weight excluding hydrogens is 232 g/mol. The number of aryl methyl sites for hydroxylation is 1. The van der Waals surface area contributed by atoms with Crippen LogP contribution in [0.3, 0.4) is 0 Å². The molecule has 0 saturated heterocycles. The predicted molar refractivity (Wildman–Crippen MR) is 53.8 cm³/mol. The summed E-state index contributed by atoms with van der Waals surface area (Å²) in [5, 5.41) is 0. The molecule has 1 aromatic heterocycles. The second-order valence-corrected chi connectivity index (χ2v) is 4.09. The molecule has 1 N–H and O–H groups in total. The quantitative estimate of drug-likeness (QED) is 0.557. The Labute approximate surface area is 84.7 Å². The summed E-state index contributed by atoms with van der Waals surface area (Å²) in [5.74, 6) is 0. The van der Waals surface area contributed by atoms with E-state index in [2.05, 4.69) is 25.9 Å². The molecule has 0 radical (unpaired) electrons. The molecule has 0 aromatic carbocycles. The van der Waals surface area contributed by atoms with Crippen molar-refractivity contribution in [2.75, 3.05) is 0 Å². The average Bonchev–Trinajstić information content (AvgIpc) is 2.28. The van der Waals surface area contributed by atoms with Crippen molar-refractivity contribution in [3.63, 3.8) is 0 Å². The molecule has 70 valence electrons. The van der Waals surface area contributed by atoms with Gasteiger partial charge in [-0.05, 0) is 41.6 Å². The van der Waals surface area contributed by atoms with Crippen LogP contribution in [0.1, 0.15) is 30.5 Å². The Morgan fingerprint density at radius 2 is 2.00 bits per heavy atom. The summed E-state index contributed by atoms with van der Waals surface area (Å²) in [6.07, 6.45) is 5.28. The van der Waals surface area contributed by atoms with Gasteiger partial charge in [0.05, 0.1) is 5.69 Å². The van der Waals surface area contributed by atoms with Crippen molar-refractivity contribution in [3.05, 3.63) is 26.3 Å². The molecule has 0 atom stereocenters. The first kappa shape index (κ1) is 8.94. The maximum absolute atomic E-state index is 11.5. The lowest BCUT2D eigenvalue weighted by molar-refractivity contribution is 0.708. The molecule has 0 fully saturated rings. The zero-order valence-corrected chi connectivity index (χ0v) is 8.85. The topological polar surface area (TPSA) is 45.8 Å². The van der Waals surface area contributed by atoms with Crippen LogP contribution in [-0.2, 0) is 12.8 Å². The highest BCUT2D eigenvalue weighted by Crippen LogP contribution is 2.16. The van der Waals surface area contributed by atoms with E-state index in [-0.39, 0.29) is 5.56 Å². The summed E-state index contributed by atoms with van der Waals surface area (Å²) < 4.78 is 0.554. The predicted octanol–water partition coefficient (Wildman–Crippen LogP) is 1.80. The Bertz CT molecular complexity index is 372. The van der Waals surface area contributed by atoms with Crippen LogP contribution in [0.25, 0.3) is 0 Å². The van der Waals surface area contributed by atoms with Crippen LogP contribution in [0.2, 0.25) is 0 Å². The lowest BCUT2D eigenvalue weighted by atomic mass is 10.1. The van der Waals surface area contributed by atoms with E-state index in [1.807, 2.05) is 0 Å². The molecule has 0 amide bonds. The van der Waals surface area contributed by atoms with E-state index in [9.17, 15) is 4.79 Å². The molecule has 0 saturated carbocycles. The summed E-state index contributed by atoms with van der Waals surface area (Å²) in [7, 11) is 0. The summed E-state index contributed by atoms with van der Waals surface area (Å²) in [6, 6.07) is 0. The molecule has 0 bridgehead atoms. The lowest BCUT2D eigenvalue weighted by Crippen LogP contribution is -2.17. The Morgan fingerprint density at radius 3 is 2.85 bits per heavy atom. The minimum atomic E-state index is 0.0266. The first-order valence-electron chi connectivity index (χ1n) is 4.55. The van der Waals surface area contributed by atoms with E-state index >= 15 is 0 Å². The van der Waals surface area contributed by atoms with Gasteiger partial charge in [-0.2, -0.15) is 0 Å². The second kappa shape index (κ2) is 3.62. The number of aromatic nitrogens is 2. The smallest absolute Gasteiger partial charge is 0.254 e. The normalized spacial score (nSPS) is 16.4. The summed E-state index contributed by atoms with van der Waals surface area (Å²) >= 11 is 3.20. The number of nitrogens with zero attached hydrogens (tertiary/aromatic N) is 1. The Kier molecular flexibility index (Phi) is 2.49. The molecule has 2 rings (SSSR count). The van der Waals surface area contributed by atoms with Crippen molar-refractivity contribution in [1.29, 1.82) is 0 Å². The molecular formula is C9H11BrN2O. The number of fused-ring (bicyclic) bond motifs is 1. The van der Waals surface area contributed by atoms with E-state index < -0.39 is 0 Å². The third-order valence-corrected chi connectivity index (χ3v) is 2.79. The van der Waals surface area contributed by atoms with Crippen LogP contribution < -0.4 is 5.56 Å². The fourth-order valence-electron chi connectivity index (χ4n) is 1.75. The molecule has 13 heavy (non-hydrogen) atoms. The molecule has 4 heteroatoms. The van der Waals surface area contributed by atoms with Gasteiger partial charge in [0.15, 0.2) is 4.73 Å². The van der Waals surface area contributed by atoms with E-state index in [1.165, 1.54) is 6.42 Å². The molecule has 0 aliphatic heterocycles. The van der Waals surface area contributed by atoms with E-state index in [0.29, 0.717) is 4.73 Å². The van der Waals surface area contributed by atoms with Crippen molar-refractivity contribution in [2.24, 2.45) is 0 Å². The van der Waals surface area contributed by atoms with Gasteiger partial charge in [-0.15, -0.1) is 0 Å². The fourth-order valence-corrected chi connectivity index (χ4v) is 2.14. The van der Waals surface area contributed by atoms with Gasteiger partial charge in [-0.1, -0.05) is 6.42 Å². The van der Waals surface area contributed by atoms with Crippen LogP contribution in [0.5, 0.6) is 0 Å². The molecule has 1 aromatic rings. The highest BCUT2D eigenvalue weighted by atomic mass is 79.9. The summed E-state index contributed by atoms with van der Waals surface area (Å²) in [6.45, 7) is 0. The van der Waals surface area contributed by atoms with Gasteiger partial charge in [0.1, 0.15) is 0 Å². The van der Waals surface area contributed by atoms with Gasteiger partial charge in [0.25, 0.3) is 5.56 Å². The first-order valence-corrected chi connectivity index (χ1v) is 5.34. The third-order valence-electron chi connectivity index (χ3n) is 2.41. The number of aromatic amines is 1. The highest BCUT2D eigenvalue weighted by molar-refractivity contribution is 9.10. The van der Waals surface area contributed by atoms with E-state index in [1.54, 1.807) is 0 Å². The van der Waals surface area contributed by atoms with Crippen molar-refractivity contribution in [1.82, 2.24) is 9.97 Å².